The molecular formula is C24H33N5O6. The van der Waals surface area contributed by atoms with Crippen LogP contribution in [0, 0.1) is 0 Å². The number of phenolic OH excluding ortho intramolecular Hbond substituents is 1. The van der Waals surface area contributed by atoms with E-state index in [9.17, 15) is 14.7 Å². The first-order chi connectivity index (χ1) is 16.6. The molecule has 4 N–H and O–H groups in total. The number of nitrogens with zero attached hydrogens (tertiary/aromatic N) is 2. The Hall–Kier alpha value is -3.76. The summed E-state index contributed by atoms with van der Waals surface area (Å²) in [4.78, 5) is 28.4. The fourth-order valence-corrected chi connectivity index (χ4v) is 3.51. The summed E-state index contributed by atoms with van der Waals surface area (Å²) in [6.45, 7) is 7.11. The largest absolute Gasteiger partial charge is 0.507 e. The number of alkyl carbamates (subject to hydrolysis) is 1. The van der Waals surface area contributed by atoms with Crippen molar-refractivity contribution < 1.29 is 28.9 Å². The maximum absolute atomic E-state index is 12.4. The third kappa shape index (κ3) is 7.36. The highest BCUT2D eigenvalue weighted by atomic mass is 16.6. The highest BCUT2D eigenvalue weighted by molar-refractivity contribution is 5.92. The van der Waals surface area contributed by atoms with E-state index in [0.717, 1.165) is 18.5 Å². The Morgan fingerprint density at radius 3 is 2.66 bits per heavy atom. The summed E-state index contributed by atoms with van der Waals surface area (Å²) in [6, 6.07) is 4.88. The number of aliphatic imine (C=N–C) groups is 1. The summed E-state index contributed by atoms with van der Waals surface area (Å²) >= 11 is 0. The second kappa shape index (κ2) is 11.6. The van der Waals surface area contributed by atoms with Gasteiger partial charge in [-0.25, -0.2) is 4.79 Å². The zero-order valence-corrected chi connectivity index (χ0v) is 20.6. The fourth-order valence-electron chi connectivity index (χ4n) is 3.51. The van der Waals surface area contributed by atoms with E-state index in [4.69, 9.17) is 14.2 Å². The van der Waals surface area contributed by atoms with Gasteiger partial charge in [-0.2, -0.15) is 5.10 Å². The molecule has 1 fully saturated rings. The topological polar surface area (TPSA) is 147 Å². The van der Waals surface area contributed by atoms with Crippen molar-refractivity contribution in [3.63, 3.8) is 0 Å². The van der Waals surface area contributed by atoms with E-state index in [-0.39, 0.29) is 42.2 Å². The van der Waals surface area contributed by atoms with Crippen LogP contribution in [0.2, 0.25) is 0 Å². The SMILES string of the molecule is COc1cc(O)c(C=NC(C)C)c(OCC(=O)Nc2cc(C3CC(NC(=O)OC(C)C)C3)[nH]n2)c1. The molecular weight excluding hydrogens is 454 g/mol. The summed E-state index contributed by atoms with van der Waals surface area (Å²) in [7, 11) is 1.47. The van der Waals surface area contributed by atoms with Gasteiger partial charge < -0.3 is 30.0 Å². The Balaban J connectivity index is 1.53. The maximum atomic E-state index is 12.4. The minimum atomic E-state index is -0.415. The molecule has 1 aliphatic rings. The minimum Gasteiger partial charge on any atom is -0.507 e. The number of H-pyrrole nitrogens is 1. The van der Waals surface area contributed by atoms with E-state index in [2.05, 4.69) is 25.8 Å². The number of hydrogen-bond donors (Lipinski definition) is 4. The van der Waals surface area contributed by atoms with Gasteiger partial charge in [-0.1, -0.05) is 0 Å². The number of benzene rings is 1. The predicted molar refractivity (Wildman–Crippen MR) is 131 cm³/mol. The van der Waals surface area contributed by atoms with Gasteiger partial charge in [0.2, 0.25) is 0 Å². The number of ether oxygens (including phenoxy) is 3. The Labute approximate surface area is 204 Å². The summed E-state index contributed by atoms with van der Waals surface area (Å²) in [5.41, 5.74) is 1.24. The number of nitrogens with one attached hydrogen (secondary N) is 3. The van der Waals surface area contributed by atoms with Crippen LogP contribution >= 0.6 is 0 Å². The molecule has 190 valence electrons. The first kappa shape index (κ1) is 25.9. The van der Waals surface area contributed by atoms with Crippen LogP contribution in [0.15, 0.2) is 23.2 Å². The summed E-state index contributed by atoms with van der Waals surface area (Å²) in [5.74, 6) is 0.764. The van der Waals surface area contributed by atoms with Gasteiger partial charge in [-0.15, -0.1) is 0 Å². The van der Waals surface area contributed by atoms with Crippen molar-refractivity contribution in [2.45, 2.75) is 64.6 Å². The van der Waals surface area contributed by atoms with Crippen LogP contribution < -0.4 is 20.1 Å². The number of rotatable bonds is 10. The number of aromatic amines is 1. The number of anilines is 1. The summed E-state index contributed by atoms with van der Waals surface area (Å²) in [5, 5.41) is 22.9. The number of amides is 2. The highest BCUT2D eigenvalue weighted by Crippen LogP contribution is 2.36. The average molecular weight is 488 g/mol. The lowest BCUT2D eigenvalue weighted by Crippen LogP contribution is -2.44. The predicted octanol–water partition coefficient (Wildman–Crippen LogP) is 3.35. The third-order valence-corrected chi connectivity index (χ3v) is 5.30. The molecule has 1 aliphatic carbocycles. The molecule has 0 unspecified atom stereocenters. The molecule has 0 saturated heterocycles. The average Bonchev–Trinajstić information content (AvgIpc) is 3.20. The molecule has 1 saturated carbocycles. The molecule has 2 amide bonds. The van der Waals surface area contributed by atoms with Crippen molar-refractivity contribution in [3.05, 3.63) is 29.5 Å². The lowest BCUT2D eigenvalue weighted by molar-refractivity contribution is -0.118. The van der Waals surface area contributed by atoms with Crippen molar-refractivity contribution in [1.29, 1.82) is 0 Å². The highest BCUT2D eigenvalue weighted by Gasteiger charge is 2.33. The molecule has 1 aromatic carbocycles. The molecule has 0 spiro atoms. The Kier molecular flexibility index (Phi) is 8.56. The van der Waals surface area contributed by atoms with Crippen molar-refractivity contribution in [3.8, 4) is 17.2 Å². The maximum Gasteiger partial charge on any atom is 0.407 e. The van der Waals surface area contributed by atoms with E-state index in [1.54, 1.807) is 26.0 Å². The number of carbonyl (C=O) groups excluding carboxylic acids is 2. The number of phenols is 1. The second-order valence-electron chi connectivity index (χ2n) is 8.94. The number of methoxy groups -OCH3 is 1. The molecule has 1 aromatic heterocycles. The zero-order chi connectivity index (χ0) is 25.5. The minimum absolute atomic E-state index is 0.0251. The van der Waals surface area contributed by atoms with Crippen LogP contribution in [-0.2, 0) is 9.53 Å². The molecule has 11 heteroatoms. The molecule has 11 nitrogen and oxygen atoms in total. The smallest absolute Gasteiger partial charge is 0.407 e. The second-order valence-corrected chi connectivity index (χ2v) is 8.94. The van der Waals surface area contributed by atoms with Gasteiger partial charge in [-0.3, -0.25) is 14.9 Å². The lowest BCUT2D eigenvalue weighted by atomic mass is 9.78. The number of aromatic hydroxyl groups is 1. The van der Waals surface area contributed by atoms with Crippen LogP contribution in [0.5, 0.6) is 17.2 Å². The zero-order valence-electron chi connectivity index (χ0n) is 20.6. The van der Waals surface area contributed by atoms with Gasteiger partial charge in [0.05, 0.1) is 18.8 Å². The van der Waals surface area contributed by atoms with Gasteiger partial charge in [0.15, 0.2) is 12.4 Å². The van der Waals surface area contributed by atoms with E-state index in [1.807, 2.05) is 13.8 Å². The quantitative estimate of drug-likeness (QED) is 0.376. The Morgan fingerprint density at radius 2 is 2.00 bits per heavy atom. The molecule has 3 rings (SSSR count). The van der Waals surface area contributed by atoms with Crippen molar-refractivity contribution >= 4 is 24.0 Å². The Morgan fingerprint density at radius 1 is 1.26 bits per heavy atom. The van der Waals surface area contributed by atoms with Crippen LogP contribution in [0.25, 0.3) is 0 Å². The standard InChI is InChI=1S/C24H33N5O6/c1-13(2)25-11-18-20(30)8-17(33-5)9-21(18)34-12-23(31)27-22-10-19(28-29-22)15-6-16(7-15)26-24(32)35-14(3)4/h8-11,13-16,30H,6-7,12H2,1-5H3,(H,26,32)(H2,27,28,29,31). The van der Waals surface area contributed by atoms with Crippen LogP contribution in [-0.4, -0.2) is 65.4 Å². The molecule has 0 bridgehead atoms. The fraction of sp³-hybridized carbons (Fsp3) is 0.500. The molecule has 35 heavy (non-hydrogen) atoms. The number of hydrogen-bond acceptors (Lipinski definition) is 8. The van der Waals surface area contributed by atoms with Gasteiger partial charge in [0, 0.05) is 48.1 Å². The number of aromatic nitrogens is 2. The van der Waals surface area contributed by atoms with Gasteiger partial charge in [0.1, 0.15) is 17.2 Å². The molecule has 0 radical (unpaired) electrons. The molecule has 0 aliphatic heterocycles. The van der Waals surface area contributed by atoms with E-state index >= 15 is 0 Å². The van der Waals surface area contributed by atoms with Crippen molar-refractivity contribution in [2.75, 3.05) is 19.0 Å². The van der Waals surface area contributed by atoms with E-state index in [0.29, 0.717) is 17.1 Å². The summed E-state index contributed by atoms with van der Waals surface area (Å²) in [6.07, 6.45) is 2.44. The molecule has 2 aromatic rings. The van der Waals surface area contributed by atoms with Crippen LogP contribution in [0.1, 0.15) is 57.7 Å². The monoisotopic (exact) mass is 487 g/mol. The van der Waals surface area contributed by atoms with Crippen molar-refractivity contribution in [2.24, 2.45) is 4.99 Å². The normalized spacial score (nSPS) is 17.3. The van der Waals surface area contributed by atoms with Gasteiger partial charge >= 0.3 is 6.09 Å². The third-order valence-electron chi connectivity index (χ3n) is 5.30. The van der Waals surface area contributed by atoms with Gasteiger partial charge in [-0.05, 0) is 40.5 Å². The summed E-state index contributed by atoms with van der Waals surface area (Å²) < 4.78 is 15.9. The first-order valence-corrected chi connectivity index (χ1v) is 11.5. The van der Waals surface area contributed by atoms with Crippen LogP contribution in [0.3, 0.4) is 0 Å². The lowest BCUT2D eigenvalue weighted by Gasteiger charge is -2.34. The first-order valence-electron chi connectivity index (χ1n) is 11.5. The van der Waals surface area contributed by atoms with Crippen molar-refractivity contribution in [1.82, 2.24) is 15.5 Å². The Bertz CT molecular complexity index is 1060. The van der Waals surface area contributed by atoms with E-state index < -0.39 is 12.0 Å². The number of carbonyl (C=O) groups is 2. The molecule has 1 heterocycles. The van der Waals surface area contributed by atoms with E-state index in [1.165, 1.54) is 19.4 Å². The van der Waals surface area contributed by atoms with Crippen LogP contribution in [0.4, 0.5) is 10.6 Å². The molecule has 0 atom stereocenters. The van der Waals surface area contributed by atoms with Gasteiger partial charge in [0.25, 0.3) is 5.91 Å².